The molecule has 1 amide bonds. The Morgan fingerprint density at radius 1 is 0.980 bits per heavy atom. The average molecular weight is 716 g/mol. The highest BCUT2D eigenvalue weighted by atomic mass is 35.5. The third-order valence-corrected chi connectivity index (χ3v) is 14.1. The molecule has 0 bridgehead atoms. The minimum atomic E-state index is -2.72. The largest absolute Gasteiger partial charge is 0.495 e. The number of alkyl halides is 1. The summed E-state index contributed by atoms with van der Waals surface area (Å²) in [6.45, 7) is 9.82. The topological polar surface area (TPSA) is 125 Å². The van der Waals surface area contributed by atoms with Gasteiger partial charge in [-0.05, 0) is 39.9 Å². The first-order valence-corrected chi connectivity index (χ1v) is 19.3. The van der Waals surface area contributed by atoms with Crippen molar-refractivity contribution in [1.82, 2.24) is 24.7 Å². The first-order chi connectivity index (χ1) is 24.1. The molecule has 2 aromatic carbocycles. The lowest BCUT2D eigenvalue weighted by Crippen LogP contribution is -2.66. The molecule has 0 radical (unpaired) electrons. The molecule has 5 aromatic rings. The number of aromatic nitrogens is 5. The Morgan fingerprint density at radius 2 is 1.66 bits per heavy atom. The minimum absolute atomic E-state index is 0.0127. The number of nitrogens with zero attached hydrogens (tertiary/aromatic N) is 5. The summed E-state index contributed by atoms with van der Waals surface area (Å²) in [5, 5.41) is 13.3. The molecule has 0 unspecified atom stereocenters. The highest BCUT2D eigenvalue weighted by Gasteiger charge is 2.50. The molecule has 0 saturated heterocycles. The predicted octanol–water partition coefficient (Wildman–Crippen LogP) is 6.74. The van der Waals surface area contributed by atoms with Crippen LogP contribution < -0.4 is 25.7 Å². The van der Waals surface area contributed by atoms with Crippen LogP contribution in [0.2, 0.25) is 5.04 Å². The average Bonchev–Trinajstić information content (AvgIpc) is 3.53. The van der Waals surface area contributed by atoms with Gasteiger partial charge in [0.1, 0.15) is 22.5 Å². The van der Waals surface area contributed by atoms with Crippen molar-refractivity contribution in [2.24, 2.45) is 0 Å². The molecule has 0 aliphatic carbocycles. The van der Waals surface area contributed by atoms with Crippen molar-refractivity contribution in [3.8, 4) is 5.75 Å². The van der Waals surface area contributed by atoms with Crippen molar-refractivity contribution in [3.05, 3.63) is 90.4 Å². The van der Waals surface area contributed by atoms with Crippen molar-refractivity contribution >= 4 is 59.2 Å². The van der Waals surface area contributed by atoms with Crippen molar-refractivity contribution < 1.29 is 18.7 Å². The number of halogens is 1. The molecule has 5 rings (SSSR count). The number of nitrogens with one attached hydrogen (secondary N) is 2. The number of rotatable bonds is 15. The summed E-state index contributed by atoms with van der Waals surface area (Å²) in [4.78, 5) is 26.1. The van der Waals surface area contributed by atoms with Gasteiger partial charge in [0, 0.05) is 24.7 Å². The van der Waals surface area contributed by atoms with Gasteiger partial charge in [0.05, 0.1) is 27.0 Å². The third kappa shape index (κ3) is 8.09. The molecule has 0 spiro atoms. The quantitative estimate of drug-likeness (QED) is 0.0895. The van der Waals surface area contributed by atoms with E-state index >= 15 is 0 Å². The second-order valence-electron chi connectivity index (χ2n) is 13.1. The predicted molar refractivity (Wildman–Crippen MR) is 201 cm³/mol. The van der Waals surface area contributed by atoms with Crippen LogP contribution in [0.25, 0.3) is 11.0 Å². The van der Waals surface area contributed by atoms with Crippen LogP contribution in [-0.4, -0.2) is 66.0 Å². The van der Waals surface area contributed by atoms with Crippen molar-refractivity contribution in [3.63, 3.8) is 0 Å². The lowest BCUT2D eigenvalue weighted by Gasteiger charge is -2.43. The fourth-order valence-electron chi connectivity index (χ4n) is 6.39. The normalized spacial score (nSPS) is 12.5. The second kappa shape index (κ2) is 16.5. The van der Waals surface area contributed by atoms with E-state index in [1.807, 2.05) is 6.07 Å². The Bertz CT molecular complexity index is 1830. The Kier molecular flexibility index (Phi) is 12.1. The van der Waals surface area contributed by atoms with Gasteiger partial charge in [-0.15, -0.1) is 11.6 Å². The van der Waals surface area contributed by atoms with Crippen LogP contribution in [0.15, 0.2) is 79.1 Å². The Hall–Kier alpha value is -4.52. The summed E-state index contributed by atoms with van der Waals surface area (Å²) in [5.41, 5.74) is 2.74. The monoisotopic (exact) mass is 715 g/mol. The molecular weight excluding hydrogens is 670 g/mol. The van der Waals surface area contributed by atoms with Crippen LogP contribution in [0.4, 0.5) is 16.6 Å². The van der Waals surface area contributed by atoms with Gasteiger partial charge >= 0.3 is 6.09 Å². The van der Waals surface area contributed by atoms with Crippen LogP contribution in [-0.2, 0) is 21.6 Å². The van der Waals surface area contributed by atoms with E-state index in [2.05, 4.69) is 114 Å². The van der Waals surface area contributed by atoms with E-state index in [0.717, 1.165) is 18.4 Å². The lowest BCUT2D eigenvalue weighted by atomic mass is 10.1. The molecule has 13 heteroatoms. The minimum Gasteiger partial charge on any atom is -0.495 e. The summed E-state index contributed by atoms with van der Waals surface area (Å²) in [6, 6.07) is 23.1. The first-order valence-electron chi connectivity index (χ1n) is 16.8. The van der Waals surface area contributed by atoms with E-state index < -0.39 is 14.4 Å². The SMILES string of the molecule is CCC[C@@H](CCO[Si](c1ccccc1)(c1ccccc1)C(C)(C)C)Nc1nc(NC(=O)OC)nc2cnn(Cc3ncc(CCl)cc3OC)c12. The van der Waals surface area contributed by atoms with E-state index in [9.17, 15) is 4.79 Å². The van der Waals surface area contributed by atoms with Gasteiger partial charge in [-0.25, -0.2) is 9.78 Å². The van der Waals surface area contributed by atoms with E-state index in [4.69, 9.17) is 30.5 Å². The van der Waals surface area contributed by atoms with Crippen molar-refractivity contribution in [1.29, 1.82) is 0 Å². The summed E-state index contributed by atoms with van der Waals surface area (Å²) < 4.78 is 19.5. The number of hydrogen-bond acceptors (Lipinski definition) is 9. The number of fused-ring (bicyclic) bond motifs is 1. The summed E-state index contributed by atoms with van der Waals surface area (Å²) in [6.07, 6.45) is 5.22. The number of amides is 1. The van der Waals surface area contributed by atoms with Gasteiger partial charge in [-0.1, -0.05) is 94.8 Å². The standard InChI is InChI=1S/C37H46ClN7O4Si/c1-7-14-27(19-20-49-50(37(2,3)4,28-15-10-8-11-16-28)29-17-12-9-13-18-29)41-34-33-30(42-35(43-34)44-36(46)48-6)24-40-45(33)25-31-32(47-5)21-26(22-38)23-39-31/h8-13,15-18,21,23-24,27H,7,14,19-20,22,25H2,1-6H3,(H2,41,42,43,44,46)/t27-/m0/s1. The number of hydrogen-bond donors (Lipinski definition) is 2. The van der Waals surface area contributed by atoms with Gasteiger partial charge in [-0.2, -0.15) is 10.1 Å². The van der Waals surface area contributed by atoms with E-state index in [0.29, 0.717) is 53.7 Å². The van der Waals surface area contributed by atoms with Gasteiger partial charge < -0.3 is 19.2 Å². The molecule has 0 saturated carbocycles. The number of methoxy groups -OCH3 is 2. The summed E-state index contributed by atoms with van der Waals surface area (Å²) >= 11 is 6.05. The van der Waals surface area contributed by atoms with Crippen molar-refractivity contribution in [2.75, 3.05) is 31.5 Å². The molecule has 1 atom stereocenters. The van der Waals surface area contributed by atoms with Crippen LogP contribution in [0.5, 0.6) is 5.75 Å². The smallest absolute Gasteiger partial charge is 0.413 e. The molecule has 0 fully saturated rings. The van der Waals surface area contributed by atoms with Gasteiger partial charge in [0.2, 0.25) is 5.95 Å². The fourth-order valence-corrected chi connectivity index (χ4v) is 11.1. The Labute approximate surface area is 299 Å². The Morgan fingerprint density at radius 3 is 2.24 bits per heavy atom. The molecule has 2 N–H and O–H groups in total. The second-order valence-corrected chi connectivity index (χ2v) is 17.7. The molecule has 0 aliphatic heterocycles. The van der Waals surface area contributed by atoms with Crippen LogP contribution in [0, 0.1) is 0 Å². The summed E-state index contributed by atoms with van der Waals surface area (Å²) in [5.74, 6) is 1.56. The molecule has 11 nitrogen and oxygen atoms in total. The number of ether oxygens (including phenoxy) is 2. The van der Waals surface area contributed by atoms with E-state index in [-0.39, 0.29) is 17.0 Å². The number of carbonyl (C=O) groups excluding carboxylic acids is 1. The van der Waals surface area contributed by atoms with Crippen LogP contribution >= 0.6 is 11.6 Å². The molecule has 3 heterocycles. The highest BCUT2D eigenvalue weighted by molar-refractivity contribution is 6.99. The molecule has 264 valence electrons. The molecular formula is C37H46ClN7O4Si. The van der Waals surface area contributed by atoms with E-state index in [1.54, 1.807) is 24.2 Å². The van der Waals surface area contributed by atoms with E-state index in [1.165, 1.54) is 17.5 Å². The maximum absolute atomic E-state index is 12.2. The van der Waals surface area contributed by atoms with Gasteiger partial charge in [-0.3, -0.25) is 15.0 Å². The zero-order valence-electron chi connectivity index (χ0n) is 29.6. The highest BCUT2D eigenvalue weighted by Crippen LogP contribution is 2.37. The maximum Gasteiger partial charge on any atom is 0.413 e. The zero-order valence-corrected chi connectivity index (χ0v) is 31.3. The van der Waals surface area contributed by atoms with Gasteiger partial charge in [0.15, 0.2) is 5.82 Å². The molecule has 50 heavy (non-hydrogen) atoms. The van der Waals surface area contributed by atoms with Crippen LogP contribution in [0.1, 0.15) is 58.2 Å². The zero-order chi connectivity index (χ0) is 35.7. The Balaban J connectivity index is 1.49. The maximum atomic E-state index is 12.2. The number of carbonyl (C=O) groups is 1. The number of anilines is 2. The molecule has 3 aromatic heterocycles. The summed E-state index contributed by atoms with van der Waals surface area (Å²) in [7, 11) is 0.178. The van der Waals surface area contributed by atoms with Crippen molar-refractivity contribution in [2.45, 2.75) is 70.5 Å². The third-order valence-electron chi connectivity index (χ3n) is 8.73. The van der Waals surface area contributed by atoms with Gasteiger partial charge in [0.25, 0.3) is 8.32 Å². The van der Waals surface area contributed by atoms with Crippen LogP contribution in [0.3, 0.4) is 0 Å². The fraction of sp³-hybridized carbons (Fsp3) is 0.378. The number of pyridine rings is 1. The lowest BCUT2D eigenvalue weighted by molar-refractivity contribution is 0.186. The first kappa shape index (κ1) is 36.7. The number of benzene rings is 2. The molecule has 0 aliphatic rings.